The van der Waals surface area contributed by atoms with Crippen LogP contribution in [0.4, 0.5) is 0 Å². The Morgan fingerprint density at radius 2 is 2.16 bits per heavy atom. The van der Waals surface area contributed by atoms with Crippen molar-refractivity contribution in [2.75, 3.05) is 19.6 Å². The predicted molar refractivity (Wildman–Crippen MR) is 75.0 cm³/mol. The molecule has 3 heterocycles. The topological polar surface area (TPSA) is 28.4 Å². The zero-order valence-electron chi connectivity index (χ0n) is 11.9. The van der Waals surface area contributed by atoms with Crippen LogP contribution in [0.3, 0.4) is 0 Å². The minimum Gasteiger partial charge on any atom is -0.464 e. The molecule has 1 N–H and O–H groups in total. The number of furan rings is 1. The number of nitrogens with one attached hydrogen (secondary N) is 1. The number of fused-ring (bicyclic) bond motifs is 1. The number of nitrogens with zero attached hydrogens (tertiary/aromatic N) is 1. The zero-order chi connectivity index (χ0) is 13.0. The normalized spacial score (nSPS) is 41.7. The van der Waals surface area contributed by atoms with E-state index < -0.39 is 0 Å². The molecule has 0 amide bonds. The molecule has 3 heteroatoms. The summed E-state index contributed by atoms with van der Waals surface area (Å²) in [6.07, 6.45) is 1.31. The van der Waals surface area contributed by atoms with Crippen LogP contribution in [0.2, 0.25) is 0 Å². The van der Waals surface area contributed by atoms with Gasteiger partial charge in [0.1, 0.15) is 11.5 Å². The molecule has 2 aliphatic heterocycles. The van der Waals surface area contributed by atoms with Crippen LogP contribution >= 0.6 is 0 Å². The van der Waals surface area contributed by atoms with Crippen LogP contribution in [0.15, 0.2) is 16.5 Å². The summed E-state index contributed by atoms with van der Waals surface area (Å²) in [7, 11) is 0. The maximum atomic E-state index is 6.05. The van der Waals surface area contributed by atoms with Crippen molar-refractivity contribution >= 4 is 0 Å². The van der Waals surface area contributed by atoms with Gasteiger partial charge < -0.3 is 9.73 Å². The van der Waals surface area contributed by atoms with Gasteiger partial charge in [0, 0.05) is 18.5 Å². The largest absolute Gasteiger partial charge is 0.464 e. The minimum absolute atomic E-state index is 0.688. The Bertz CT molecular complexity index is 469. The molecule has 3 aliphatic rings. The molecule has 1 aromatic rings. The lowest BCUT2D eigenvalue weighted by molar-refractivity contribution is 0.212. The van der Waals surface area contributed by atoms with E-state index in [1.54, 1.807) is 0 Å². The monoisotopic (exact) mass is 260 g/mol. The molecule has 104 valence electrons. The maximum absolute atomic E-state index is 6.05. The van der Waals surface area contributed by atoms with Crippen molar-refractivity contribution in [2.24, 2.45) is 17.8 Å². The van der Waals surface area contributed by atoms with Crippen LogP contribution in [0.25, 0.3) is 0 Å². The Labute approximate surface area is 115 Å². The highest BCUT2D eigenvalue weighted by Crippen LogP contribution is 2.47. The van der Waals surface area contributed by atoms with Crippen LogP contribution in [0.5, 0.6) is 0 Å². The van der Waals surface area contributed by atoms with Crippen molar-refractivity contribution in [1.29, 1.82) is 0 Å². The van der Waals surface area contributed by atoms with Crippen molar-refractivity contribution in [3.63, 3.8) is 0 Å². The summed E-state index contributed by atoms with van der Waals surface area (Å²) in [6, 6.07) is 5.08. The standard InChI is InChI=1S/C16H24N2O/c1-10-5-14(10)16-4-3-13(19-16)9-18-8-12-6-17-7-15(12)11(18)2/h3-4,10-12,14-15,17H,5-9H2,1-2H3. The van der Waals surface area contributed by atoms with E-state index >= 15 is 0 Å². The lowest BCUT2D eigenvalue weighted by atomic mass is 9.95. The fourth-order valence-corrected chi connectivity index (χ4v) is 4.06. The molecule has 0 aromatic carbocycles. The average molecular weight is 260 g/mol. The molecule has 5 unspecified atom stereocenters. The Morgan fingerprint density at radius 1 is 1.32 bits per heavy atom. The van der Waals surface area contributed by atoms with E-state index in [-0.39, 0.29) is 0 Å². The molecule has 1 saturated carbocycles. The number of rotatable bonds is 3. The van der Waals surface area contributed by atoms with Gasteiger partial charge in [0.2, 0.25) is 0 Å². The summed E-state index contributed by atoms with van der Waals surface area (Å²) in [6.45, 7) is 9.32. The highest BCUT2D eigenvalue weighted by atomic mass is 16.3. The quantitative estimate of drug-likeness (QED) is 0.905. The Morgan fingerprint density at radius 3 is 2.89 bits per heavy atom. The third-order valence-electron chi connectivity index (χ3n) is 5.57. The summed E-state index contributed by atoms with van der Waals surface area (Å²) < 4.78 is 6.05. The first-order valence-corrected chi connectivity index (χ1v) is 7.75. The number of hydrogen-bond donors (Lipinski definition) is 1. The third-order valence-corrected chi connectivity index (χ3v) is 5.57. The van der Waals surface area contributed by atoms with Gasteiger partial charge in [0.05, 0.1) is 6.54 Å². The molecule has 1 aliphatic carbocycles. The molecular formula is C16H24N2O. The Hall–Kier alpha value is -0.800. The lowest BCUT2D eigenvalue weighted by Crippen LogP contribution is -2.32. The molecule has 19 heavy (non-hydrogen) atoms. The number of hydrogen-bond acceptors (Lipinski definition) is 3. The summed E-state index contributed by atoms with van der Waals surface area (Å²) in [5, 5.41) is 3.52. The first-order chi connectivity index (χ1) is 9.22. The lowest BCUT2D eigenvalue weighted by Gasteiger charge is -2.23. The molecule has 0 bridgehead atoms. The second-order valence-corrected chi connectivity index (χ2v) is 6.88. The van der Waals surface area contributed by atoms with Gasteiger partial charge in [-0.25, -0.2) is 0 Å². The van der Waals surface area contributed by atoms with Crippen molar-refractivity contribution in [2.45, 2.75) is 38.8 Å². The smallest absolute Gasteiger partial charge is 0.118 e. The molecule has 0 radical (unpaired) electrons. The SMILES string of the molecule is CC1CC1c1ccc(CN2CC3CNCC3C2C)o1. The highest BCUT2D eigenvalue weighted by molar-refractivity contribution is 5.18. The van der Waals surface area contributed by atoms with Gasteiger partial charge in [-0.15, -0.1) is 0 Å². The van der Waals surface area contributed by atoms with Gasteiger partial charge in [-0.05, 0) is 56.3 Å². The Balaban J connectivity index is 1.43. The van der Waals surface area contributed by atoms with Gasteiger partial charge in [0.15, 0.2) is 0 Å². The van der Waals surface area contributed by atoms with Gasteiger partial charge in [-0.3, -0.25) is 4.90 Å². The van der Waals surface area contributed by atoms with Crippen molar-refractivity contribution in [1.82, 2.24) is 10.2 Å². The van der Waals surface area contributed by atoms with Gasteiger partial charge >= 0.3 is 0 Å². The van der Waals surface area contributed by atoms with E-state index in [1.807, 2.05) is 0 Å². The fourth-order valence-electron chi connectivity index (χ4n) is 4.06. The summed E-state index contributed by atoms with van der Waals surface area (Å²) in [4.78, 5) is 2.61. The van der Waals surface area contributed by atoms with Crippen molar-refractivity contribution in [3.05, 3.63) is 23.7 Å². The van der Waals surface area contributed by atoms with E-state index in [0.717, 1.165) is 30.1 Å². The van der Waals surface area contributed by atoms with E-state index in [0.29, 0.717) is 12.0 Å². The van der Waals surface area contributed by atoms with Crippen molar-refractivity contribution < 1.29 is 4.42 Å². The van der Waals surface area contributed by atoms with E-state index in [2.05, 4.69) is 36.2 Å². The van der Waals surface area contributed by atoms with Gasteiger partial charge in [-0.1, -0.05) is 6.92 Å². The maximum Gasteiger partial charge on any atom is 0.118 e. The predicted octanol–water partition coefficient (Wildman–Crippen LogP) is 2.44. The summed E-state index contributed by atoms with van der Waals surface area (Å²) >= 11 is 0. The first kappa shape index (κ1) is 12.0. The molecule has 2 saturated heterocycles. The highest BCUT2D eigenvalue weighted by Gasteiger charge is 2.42. The second kappa shape index (κ2) is 4.35. The first-order valence-electron chi connectivity index (χ1n) is 7.75. The molecule has 0 spiro atoms. The Kier molecular flexibility index (Phi) is 2.75. The van der Waals surface area contributed by atoms with Crippen LogP contribution in [0.1, 0.15) is 37.7 Å². The van der Waals surface area contributed by atoms with Crippen LogP contribution < -0.4 is 5.32 Å². The van der Waals surface area contributed by atoms with Gasteiger partial charge in [0.25, 0.3) is 0 Å². The molecule has 1 aromatic heterocycles. The van der Waals surface area contributed by atoms with E-state index in [4.69, 9.17) is 4.42 Å². The van der Waals surface area contributed by atoms with E-state index in [9.17, 15) is 0 Å². The molecule has 3 nitrogen and oxygen atoms in total. The van der Waals surface area contributed by atoms with Crippen LogP contribution in [0, 0.1) is 17.8 Å². The van der Waals surface area contributed by atoms with Gasteiger partial charge in [-0.2, -0.15) is 0 Å². The molecule has 3 fully saturated rings. The molecule has 5 atom stereocenters. The van der Waals surface area contributed by atoms with Crippen LogP contribution in [-0.4, -0.2) is 30.6 Å². The number of likely N-dealkylation sites (tertiary alicyclic amines) is 1. The average Bonchev–Trinajstić information content (AvgIpc) is 2.82. The second-order valence-electron chi connectivity index (χ2n) is 6.88. The summed E-state index contributed by atoms with van der Waals surface area (Å²) in [5.41, 5.74) is 0. The molecule has 4 rings (SSSR count). The fraction of sp³-hybridized carbons (Fsp3) is 0.750. The zero-order valence-corrected chi connectivity index (χ0v) is 11.9. The molecular weight excluding hydrogens is 236 g/mol. The minimum atomic E-state index is 0.688. The third kappa shape index (κ3) is 2.03. The van der Waals surface area contributed by atoms with Crippen molar-refractivity contribution in [3.8, 4) is 0 Å². The summed E-state index contributed by atoms with van der Waals surface area (Å²) in [5.74, 6) is 5.61. The van der Waals surface area contributed by atoms with E-state index in [1.165, 1.54) is 31.8 Å². The van der Waals surface area contributed by atoms with Crippen LogP contribution in [-0.2, 0) is 6.54 Å².